The highest BCUT2D eigenvalue weighted by Gasteiger charge is 2.31. The predicted octanol–water partition coefficient (Wildman–Crippen LogP) is 2.96. The summed E-state index contributed by atoms with van der Waals surface area (Å²) in [6.45, 7) is 4.46. The van der Waals surface area contributed by atoms with E-state index >= 15 is 0 Å². The van der Waals surface area contributed by atoms with E-state index in [0.717, 1.165) is 10.2 Å². The maximum Gasteiger partial charge on any atom is 0.0809 e. The van der Waals surface area contributed by atoms with Crippen molar-refractivity contribution in [3.8, 4) is 0 Å². The molecule has 1 unspecified atom stereocenters. The van der Waals surface area contributed by atoms with Crippen LogP contribution >= 0.6 is 27.7 Å². The normalized spacial score (nSPS) is 25.2. The van der Waals surface area contributed by atoms with Crippen molar-refractivity contribution >= 4 is 27.7 Å². The largest absolute Gasteiger partial charge is 0.296 e. The van der Waals surface area contributed by atoms with Crippen molar-refractivity contribution in [3.05, 3.63) is 28.5 Å². The molecule has 1 N–H and O–H groups in total. The van der Waals surface area contributed by atoms with Gasteiger partial charge in [-0.05, 0) is 41.4 Å². The van der Waals surface area contributed by atoms with Crippen LogP contribution in [-0.4, -0.2) is 16.3 Å². The van der Waals surface area contributed by atoms with E-state index in [1.807, 2.05) is 24.2 Å². The summed E-state index contributed by atoms with van der Waals surface area (Å²) in [7, 11) is 0. The summed E-state index contributed by atoms with van der Waals surface area (Å²) < 4.78 is 1.04. The number of rotatable bonds is 1. The Morgan fingerprint density at radius 1 is 1.57 bits per heavy atom. The molecule has 0 amide bonds. The van der Waals surface area contributed by atoms with Gasteiger partial charge in [0.2, 0.25) is 0 Å². The summed E-state index contributed by atoms with van der Waals surface area (Å²) in [6, 6.07) is 2.12. The zero-order valence-electron chi connectivity index (χ0n) is 8.25. The molecule has 0 radical (unpaired) electrons. The Balaban J connectivity index is 2.17. The summed E-state index contributed by atoms with van der Waals surface area (Å²) in [5.41, 5.74) is 1.48. The molecule has 76 valence electrons. The highest BCUT2D eigenvalue weighted by molar-refractivity contribution is 9.10. The second-order valence-corrected chi connectivity index (χ2v) is 6.16. The van der Waals surface area contributed by atoms with Gasteiger partial charge < -0.3 is 0 Å². The third-order valence-electron chi connectivity index (χ3n) is 2.16. The van der Waals surface area contributed by atoms with Gasteiger partial charge in [-0.3, -0.25) is 10.3 Å². The summed E-state index contributed by atoms with van der Waals surface area (Å²) in [5.74, 6) is 1.14. The van der Waals surface area contributed by atoms with Crippen LogP contribution in [0, 0.1) is 0 Å². The molecule has 2 rings (SSSR count). The lowest BCUT2D eigenvalue weighted by molar-refractivity contribution is 0.451. The van der Waals surface area contributed by atoms with Crippen molar-refractivity contribution in [2.75, 3.05) is 5.75 Å². The van der Waals surface area contributed by atoms with Crippen LogP contribution in [0.15, 0.2) is 22.9 Å². The van der Waals surface area contributed by atoms with E-state index in [-0.39, 0.29) is 5.54 Å². The molecule has 0 bridgehead atoms. The summed E-state index contributed by atoms with van der Waals surface area (Å²) in [5, 5.41) is 3.96. The molecule has 0 aromatic carbocycles. The van der Waals surface area contributed by atoms with E-state index in [2.05, 4.69) is 46.1 Å². The number of hydrogen-bond acceptors (Lipinski definition) is 3. The lowest BCUT2D eigenvalue weighted by atomic mass is 10.1. The Hall–Kier alpha value is -0.0600. The second-order valence-electron chi connectivity index (χ2n) is 4.16. The third kappa shape index (κ3) is 2.30. The van der Waals surface area contributed by atoms with E-state index in [4.69, 9.17) is 0 Å². The second kappa shape index (κ2) is 3.83. The van der Waals surface area contributed by atoms with E-state index in [1.165, 1.54) is 5.56 Å². The maximum absolute atomic E-state index is 4.18. The fourth-order valence-electron chi connectivity index (χ4n) is 1.48. The first-order valence-corrected chi connectivity index (χ1v) is 6.41. The van der Waals surface area contributed by atoms with Gasteiger partial charge in [-0.25, -0.2) is 0 Å². The van der Waals surface area contributed by atoms with Crippen molar-refractivity contribution in [3.63, 3.8) is 0 Å². The van der Waals surface area contributed by atoms with Crippen LogP contribution in [0.1, 0.15) is 24.8 Å². The van der Waals surface area contributed by atoms with Gasteiger partial charge >= 0.3 is 0 Å². The SMILES string of the molecule is CC1(C)CSC(c2cncc(Br)c2)N1. The van der Waals surface area contributed by atoms with Crippen molar-refractivity contribution in [1.29, 1.82) is 0 Å². The van der Waals surface area contributed by atoms with Gasteiger partial charge in [0.1, 0.15) is 0 Å². The molecule has 2 heterocycles. The molecular weight excluding hydrogens is 260 g/mol. The van der Waals surface area contributed by atoms with Gasteiger partial charge in [-0.1, -0.05) is 0 Å². The Kier molecular flexibility index (Phi) is 2.86. The lowest BCUT2D eigenvalue weighted by Crippen LogP contribution is -2.35. The van der Waals surface area contributed by atoms with Crippen LogP contribution in [0.3, 0.4) is 0 Å². The van der Waals surface area contributed by atoms with Crippen LogP contribution < -0.4 is 5.32 Å². The van der Waals surface area contributed by atoms with Crippen LogP contribution in [0.2, 0.25) is 0 Å². The highest BCUT2D eigenvalue weighted by atomic mass is 79.9. The molecule has 1 saturated heterocycles. The Morgan fingerprint density at radius 3 is 2.93 bits per heavy atom. The molecule has 14 heavy (non-hydrogen) atoms. The molecule has 1 atom stereocenters. The molecule has 1 aliphatic rings. The monoisotopic (exact) mass is 272 g/mol. The fourth-order valence-corrected chi connectivity index (χ4v) is 3.25. The number of nitrogens with one attached hydrogen (secondary N) is 1. The number of aromatic nitrogens is 1. The van der Waals surface area contributed by atoms with Gasteiger partial charge in [0, 0.05) is 28.2 Å². The standard InChI is InChI=1S/C10H13BrN2S/c1-10(2)6-14-9(13-10)7-3-8(11)5-12-4-7/h3-5,9,13H,6H2,1-2H3. The van der Waals surface area contributed by atoms with E-state index < -0.39 is 0 Å². The van der Waals surface area contributed by atoms with Crippen molar-refractivity contribution in [1.82, 2.24) is 10.3 Å². The van der Waals surface area contributed by atoms with Crippen molar-refractivity contribution in [2.45, 2.75) is 24.8 Å². The summed E-state index contributed by atoms with van der Waals surface area (Å²) >= 11 is 5.38. The van der Waals surface area contributed by atoms with E-state index in [0.29, 0.717) is 5.37 Å². The smallest absolute Gasteiger partial charge is 0.0809 e. The van der Waals surface area contributed by atoms with Crippen LogP contribution in [0.25, 0.3) is 0 Å². The van der Waals surface area contributed by atoms with Gasteiger partial charge in [0.25, 0.3) is 0 Å². The van der Waals surface area contributed by atoms with Gasteiger partial charge in [-0.2, -0.15) is 0 Å². The average Bonchev–Trinajstić information content (AvgIpc) is 2.46. The average molecular weight is 273 g/mol. The van der Waals surface area contributed by atoms with Crippen LogP contribution in [-0.2, 0) is 0 Å². The lowest BCUT2D eigenvalue weighted by Gasteiger charge is -2.18. The minimum absolute atomic E-state index is 0.234. The number of nitrogens with zero attached hydrogens (tertiary/aromatic N) is 1. The minimum Gasteiger partial charge on any atom is -0.296 e. The zero-order chi connectivity index (χ0) is 10.2. The summed E-state index contributed by atoms with van der Waals surface area (Å²) in [6.07, 6.45) is 3.74. The zero-order valence-corrected chi connectivity index (χ0v) is 10.7. The van der Waals surface area contributed by atoms with E-state index in [1.54, 1.807) is 0 Å². The molecule has 4 heteroatoms. The third-order valence-corrected chi connectivity index (χ3v) is 4.21. The molecule has 1 fully saturated rings. The molecule has 0 aliphatic carbocycles. The summed E-state index contributed by atoms with van der Waals surface area (Å²) in [4.78, 5) is 4.18. The topological polar surface area (TPSA) is 24.9 Å². The first-order chi connectivity index (χ1) is 6.57. The van der Waals surface area contributed by atoms with Crippen molar-refractivity contribution in [2.24, 2.45) is 0 Å². The molecule has 0 spiro atoms. The fraction of sp³-hybridized carbons (Fsp3) is 0.500. The van der Waals surface area contributed by atoms with Crippen LogP contribution in [0.5, 0.6) is 0 Å². The molecular formula is C10H13BrN2S. The number of pyridine rings is 1. The van der Waals surface area contributed by atoms with Crippen molar-refractivity contribution < 1.29 is 0 Å². The van der Waals surface area contributed by atoms with Gasteiger partial charge in [-0.15, -0.1) is 11.8 Å². The molecule has 1 aromatic heterocycles. The first kappa shape index (κ1) is 10.5. The Morgan fingerprint density at radius 2 is 2.36 bits per heavy atom. The molecule has 1 aliphatic heterocycles. The number of hydrogen-bond donors (Lipinski definition) is 1. The first-order valence-electron chi connectivity index (χ1n) is 4.57. The number of halogens is 1. The predicted molar refractivity (Wildman–Crippen MR) is 64.4 cm³/mol. The maximum atomic E-state index is 4.18. The minimum atomic E-state index is 0.234. The molecule has 1 aromatic rings. The van der Waals surface area contributed by atoms with Gasteiger partial charge in [0.05, 0.1) is 5.37 Å². The number of thioether (sulfide) groups is 1. The Bertz CT molecular complexity index is 341. The van der Waals surface area contributed by atoms with Gasteiger partial charge in [0.15, 0.2) is 0 Å². The highest BCUT2D eigenvalue weighted by Crippen LogP contribution is 2.37. The molecule has 0 saturated carbocycles. The Labute approximate surface area is 97.0 Å². The van der Waals surface area contributed by atoms with Crippen LogP contribution in [0.4, 0.5) is 0 Å². The molecule has 2 nitrogen and oxygen atoms in total. The van der Waals surface area contributed by atoms with E-state index in [9.17, 15) is 0 Å². The quantitative estimate of drug-likeness (QED) is 0.851.